The molecule has 4 aromatic heterocycles. The minimum absolute atomic E-state index is 0.0650. The molecule has 3 N–H and O–H groups in total. The molecule has 0 spiro atoms. The Labute approximate surface area is 199 Å². The van der Waals surface area contributed by atoms with E-state index >= 15 is 0 Å². The van der Waals surface area contributed by atoms with E-state index in [1.54, 1.807) is 24.9 Å². The minimum Gasteiger partial charge on any atom is -0.501 e. The summed E-state index contributed by atoms with van der Waals surface area (Å²) in [6.07, 6.45) is 11.6. The molecule has 172 valence electrons. The third-order valence-electron chi connectivity index (χ3n) is 6.53. The van der Waals surface area contributed by atoms with E-state index in [0.717, 1.165) is 69.2 Å². The maximum atomic E-state index is 12.2. The number of rotatable bonds is 5. The first-order valence-electron chi connectivity index (χ1n) is 11.6. The van der Waals surface area contributed by atoms with Crippen molar-refractivity contribution >= 4 is 39.1 Å². The first kappa shape index (κ1) is 19.9. The van der Waals surface area contributed by atoms with Gasteiger partial charge in [0, 0.05) is 46.8 Å². The molecule has 35 heavy (non-hydrogen) atoms. The fourth-order valence-electron chi connectivity index (χ4n) is 4.50. The number of aromatic amines is 2. The maximum absolute atomic E-state index is 12.2. The number of fused-ring (bicyclic) bond motifs is 2. The molecule has 0 bridgehead atoms. The van der Waals surface area contributed by atoms with Crippen LogP contribution in [0.15, 0.2) is 55.3 Å². The van der Waals surface area contributed by atoms with Crippen molar-refractivity contribution in [1.82, 2.24) is 30.1 Å². The number of anilines is 1. The van der Waals surface area contributed by atoms with Gasteiger partial charge < -0.3 is 15.0 Å². The standard InChI is InChI=1S/C26H21N7O2/c34-26(14-1-2-14)29-18-7-17(9-27-10-18)15-3-4-21-19(8-15)24(33-32-21)25-30-22-12-28-11-20(23(22)31-25)16-5-6-35-13-16/h3-4,7-14H,1-2,5-6H2,(H,29,34)(H,30,31)(H,32,33). The van der Waals surface area contributed by atoms with Gasteiger partial charge in [0.25, 0.3) is 0 Å². The summed E-state index contributed by atoms with van der Waals surface area (Å²) in [5.74, 6) is 0.872. The summed E-state index contributed by atoms with van der Waals surface area (Å²) in [6.45, 7) is 0.677. The lowest BCUT2D eigenvalue weighted by Crippen LogP contribution is -2.13. The number of pyridine rings is 2. The Morgan fingerprint density at radius 2 is 1.94 bits per heavy atom. The second-order valence-electron chi connectivity index (χ2n) is 8.99. The van der Waals surface area contributed by atoms with Crippen LogP contribution in [0, 0.1) is 5.92 Å². The number of ether oxygens (including phenoxy) is 1. The van der Waals surface area contributed by atoms with Crippen LogP contribution >= 0.6 is 0 Å². The molecule has 0 unspecified atom stereocenters. The summed E-state index contributed by atoms with van der Waals surface area (Å²) < 4.78 is 5.42. The molecular weight excluding hydrogens is 442 g/mol. The molecule has 0 saturated heterocycles. The van der Waals surface area contributed by atoms with Crippen molar-refractivity contribution in [3.05, 3.63) is 60.9 Å². The van der Waals surface area contributed by atoms with Gasteiger partial charge in [0.1, 0.15) is 5.69 Å². The third-order valence-corrected chi connectivity index (χ3v) is 6.53. The Hall–Kier alpha value is -4.53. The van der Waals surface area contributed by atoms with Crippen LogP contribution < -0.4 is 5.32 Å². The van der Waals surface area contributed by atoms with Gasteiger partial charge in [-0.2, -0.15) is 5.10 Å². The van der Waals surface area contributed by atoms with Crippen LogP contribution in [0.3, 0.4) is 0 Å². The molecule has 9 nitrogen and oxygen atoms in total. The van der Waals surface area contributed by atoms with Gasteiger partial charge >= 0.3 is 0 Å². The number of carbonyl (C=O) groups excluding carboxylic acids is 1. The zero-order valence-electron chi connectivity index (χ0n) is 18.7. The van der Waals surface area contributed by atoms with E-state index in [1.807, 2.05) is 24.4 Å². The second kappa shape index (κ2) is 7.76. The molecule has 1 amide bonds. The fraction of sp³-hybridized carbons (Fsp3) is 0.192. The van der Waals surface area contributed by atoms with Crippen LogP contribution in [0.5, 0.6) is 0 Å². The second-order valence-corrected chi connectivity index (χ2v) is 8.99. The highest BCUT2D eigenvalue weighted by molar-refractivity contribution is 5.98. The van der Waals surface area contributed by atoms with Crippen molar-refractivity contribution in [2.45, 2.75) is 19.3 Å². The van der Waals surface area contributed by atoms with Crippen LogP contribution in [-0.4, -0.2) is 42.6 Å². The molecule has 5 aromatic rings. The summed E-state index contributed by atoms with van der Waals surface area (Å²) in [5, 5.41) is 11.6. The van der Waals surface area contributed by atoms with E-state index in [0.29, 0.717) is 18.1 Å². The molecule has 1 aliphatic carbocycles. The van der Waals surface area contributed by atoms with E-state index in [-0.39, 0.29) is 11.8 Å². The Morgan fingerprint density at radius 3 is 2.80 bits per heavy atom. The van der Waals surface area contributed by atoms with Crippen molar-refractivity contribution in [3.63, 3.8) is 0 Å². The van der Waals surface area contributed by atoms with E-state index in [9.17, 15) is 4.79 Å². The third kappa shape index (κ3) is 3.52. The van der Waals surface area contributed by atoms with Crippen LogP contribution in [0.4, 0.5) is 5.69 Å². The SMILES string of the molecule is O=C(Nc1cncc(-c2ccc3[nH]nc(-c4nc5c(C6=COCC6)cncc5[nH]4)c3c2)c1)C1CC1. The summed E-state index contributed by atoms with van der Waals surface area (Å²) >= 11 is 0. The largest absolute Gasteiger partial charge is 0.501 e. The average Bonchev–Trinajstić information content (AvgIpc) is 3.26. The van der Waals surface area contributed by atoms with Crippen molar-refractivity contribution in [2.24, 2.45) is 5.92 Å². The molecule has 7 rings (SSSR count). The van der Waals surface area contributed by atoms with Gasteiger partial charge in [0.05, 0.1) is 47.5 Å². The molecule has 2 aliphatic rings. The van der Waals surface area contributed by atoms with Gasteiger partial charge in [-0.15, -0.1) is 0 Å². The molecule has 5 heterocycles. The molecule has 0 atom stereocenters. The Kier molecular flexibility index (Phi) is 4.41. The number of amides is 1. The molecule has 1 fully saturated rings. The van der Waals surface area contributed by atoms with Gasteiger partial charge in [0.15, 0.2) is 5.82 Å². The smallest absolute Gasteiger partial charge is 0.227 e. The van der Waals surface area contributed by atoms with E-state index in [4.69, 9.17) is 9.72 Å². The number of H-pyrrole nitrogens is 2. The molecule has 0 radical (unpaired) electrons. The van der Waals surface area contributed by atoms with Crippen LogP contribution in [0.25, 0.3) is 50.2 Å². The normalized spacial score (nSPS) is 15.4. The molecule has 9 heteroatoms. The monoisotopic (exact) mass is 463 g/mol. The van der Waals surface area contributed by atoms with Gasteiger partial charge in [-0.05, 0) is 36.6 Å². The van der Waals surface area contributed by atoms with E-state index in [1.165, 1.54) is 0 Å². The van der Waals surface area contributed by atoms with Crippen LogP contribution in [0.2, 0.25) is 0 Å². The van der Waals surface area contributed by atoms with Crippen LogP contribution in [0.1, 0.15) is 24.8 Å². The highest BCUT2D eigenvalue weighted by Crippen LogP contribution is 2.34. The van der Waals surface area contributed by atoms with Crippen molar-refractivity contribution in [3.8, 4) is 22.6 Å². The first-order valence-corrected chi connectivity index (χ1v) is 11.6. The number of imidazole rings is 1. The molecular formula is C26H21N7O2. The number of nitrogens with zero attached hydrogens (tertiary/aromatic N) is 4. The number of aromatic nitrogens is 6. The van der Waals surface area contributed by atoms with Gasteiger partial charge in [-0.1, -0.05) is 6.07 Å². The summed E-state index contributed by atoms with van der Waals surface area (Å²) in [5.41, 5.74) is 7.99. The fourth-order valence-corrected chi connectivity index (χ4v) is 4.50. The lowest BCUT2D eigenvalue weighted by molar-refractivity contribution is -0.117. The molecule has 1 aromatic carbocycles. The molecule has 1 saturated carbocycles. The highest BCUT2D eigenvalue weighted by atomic mass is 16.5. The summed E-state index contributed by atoms with van der Waals surface area (Å²) in [4.78, 5) is 29.2. The van der Waals surface area contributed by atoms with Crippen molar-refractivity contribution < 1.29 is 9.53 Å². The maximum Gasteiger partial charge on any atom is 0.227 e. The lowest BCUT2D eigenvalue weighted by atomic mass is 10.0. The quantitative estimate of drug-likeness (QED) is 0.348. The van der Waals surface area contributed by atoms with Gasteiger partial charge in [-0.3, -0.25) is 19.9 Å². The Bertz CT molecular complexity index is 1640. The first-order chi connectivity index (χ1) is 17.2. The van der Waals surface area contributed by atoms with Gasteiger partial charge in [0.2, 0.25) is 5.91 Å². The van der Waals surface area contributed by atoms with E-state index < -0.39 is 0 Å². The zero-order valence-corrected chi connectivity index (χ0v) is 18.7. The average molecular weight is 464 g/mol. The number of carbonyl (C=O) groups is 1. The Morgan fingerprint density at radius 1 is 1.03 bits per heavy atom. The number of nitrogens with one attached hydrogen (secondary N) is 3. The highest BCUT2D eigenvalue weighted by Gasteiger charge is 2.29. The zero-order chi connectivity index (χ0) is 23.4. The minimum atomic E-state index is 0.0650. The summed E-state index contributed by atoms with van der Waals surface area (Å²) in [6, 6.07) is 8.02. The topological polar surface area (TPSA) is 121 Å². The lowest BCUT2D eigenvalue weighted by Gasteiger charge is -2.07. The number of benzene rings is 1. The summed E-state index contributed by atoms with van der Waals surface area (Å²) in [7, 11) is 0. The van der Waals surface area contributed by atoms with E-state index in [2.05, 4.69) is 36.5 Å². The predicted octanol–water partition coefficient (Wildman–Crippen LogP) is 4.67. The van der Waals surface area contributed by atoms with Crippen LogP contribution in [-0.2, 0) is 9.53 Å². The Balaban J connectivity index is 1.28. The van der Waals surface area contributed by atoms with Crippen molar-refractivity contribution in [1.29, 1.82) is 0 Å². The predicted molar refractivity (Wildman–Crippen MR) is 132 cm³/mol. The number of hydrogen-bond donors (Lipinski definition) is 3. The van der Waals surface area contributed by atoms with Gasteiger partial charge in [-0.25, -0.2) is 4.98 Å². The van der Waals surface area contributed by atoms with Crippen molar-refractivity contribution in [2.75, 3.05) is 11.9 Å². The molecule has 1 aliphatic heterocycles. The number of hydrogen-bond acceptors (Lipinski definition) is 6.